The van der Waals surface area contributed by atoms with Crippen molar-refractivity contribution in [1.82, 2.24) is 0 Å². The third-order valence-electron chi connectivity index (χ3n) is 5.64. The van der Waals surface area contributed by atoms with E-state index < -0.39 is 29.5 Å². The zero-order valence-corrected chi connectivity index (χ0v) is 19.8. The number of hydrogen-bond acceptors (Lipinski definition) is 4. The quantitative estimate of drug-likeness (QED) is 0.410. The number of carbonyl (C=O) groups excluding carboxylic acids is 3. The number of halogens is 4. The molecule has 184 valence electrons. The summed E-state index contributed by atoms with van der Waals surface area (Å²) in [6.07, 6.45) is -4.53. The molecule has 0 fully saturated rings. The molecule has 3 aromatic rings. The Hall–Kier alpha value is -4.11. The van der Waals surface area contributed by atoms with Gasteiger partial charge in [0, 0.05) is 16.9 Å². The summed E-state index contributed by atoms with van der Waals surface area (Å²) in [5.41, 5.74) is 1.86. The summed E-state index contributed by atoms with van der Waals surface area (Å²) >= 11 is 6.17. The second-order valence-electron chi connectivity index (χ2n) is 8.14. The maximum Gasteiger partial charge on any atom is 0.416 e. The van der Waals surface area contributed by atoms with Crippen LogP contribution >= 0.6 is 11.6 Å². The highest BCUT2D eigenvalue weighted by molar-refractivity contribution is 6.53. The molecule has 0 unspecified atom stereocenters. The minimum Gasteiger partial charge on any atom is -0.350 e. The largest absolute Gasteiger partial charge is 0.416 e. The van der Waals surface area contributed by atoms with Gasteiger partial charge in [0.2, 0.25) is 0 Å². The smallest absolute Gasteiger partial charge is 0.350 e. The summed E-state index contributed by atoms with van der Waals surface area (Å²) in [7, 11) is 0. The van der Waals surface area contributed by atoms with Gasteiger partial charge in [0.05, 0.1) is 11.3 Å². The molecule has 0 atom stereocenters. The molecule has 0 saturated carbocycles. The van der Waals surface area contributed by atoms with Gasteiger partial charge in [-0.1, -0.05) is 23.7 Å². The van der Waals surface area contributed by atoms with Crippen molar-refractivity contribution >= 4 is 46.4 Å². The predicted molar refractivity (Wildman–Crippen MR) is 131 cm³/mol. The predicted octanol–water partition coefficient (Wildman–Crippen LogP) is 6.01. The molecule has 2 N–H and O–H groups in total. The van der Waals surface area contributed by atoms with Crippen LogP contribution < -0.4 is 15.5 Å². The van der Waals surface area contributed by atoms with Crippen LogP contribution in [0.3, 0.4) is 0 Å². The van der Waals surface area contributed by atoms with Crippen molar-refractivity contribution in [2.75, 3.05) is 15.5 Å². The number of anilines is 3. The fourth-order valence-corrected chi connectivity index (χ4v) is 3.75. The average Bonchev–Trinajstić information content (AvgIpc) is 3.04. The number of carbonyl (C=O) groups is 3. The first-order chi connectivity index (χ1) is 17.0. The van der Waals surface area contributed by atoms with E-state index in [4.69, 9.17) is 11.6 Å². The number of amides is 3. The van der Waals surface area contributed by atoms with Crippen LogP contribution in [0.4, 0.5) is 30.2 Å². The van der Waals surface area contributed by atoms with Crippen molar-refractivity contribution in [2.24, 2.45) is 0 Å². The Labute approximate surface area is 209 Å². The van der Waals surface area contributed by atoms with Gasteiger partial charge in [0.15, 0.2) is 0 Å². The van der Waals surface area contributed by atoms with E-state index in [9.17, 15) is 27.6 Å². The van der Waals surface area contributed by atoms with E-state index in [0.29, 0.717) is 11.4 Å². The zero-order chi connectivity index (χ0) is 26.2. The van der Waals surface area contributed by atoms with Gasteiger partial charge in [-0.05, 0) is 79.6 Å². The number of benzene rings is 3. The molecular weight excluding hydrogens is 495 g/mol. The summed E-state index contributed by atoms with van der Waals surface area (Å²) < 4.78 is 38.7. The molecule has 6 nitrogen and oxygen atoms in total. The molecule has 0 saturated heterocycles. The lowest BCUT2D eigenvalue weighted by molar-refractivity contribution is -0.137. The molecule has 0 spiro atoms. The van der Waals surface area contributed by atoms with Crippen LogP contribution in [0.1, 0.15) is 27.0 Å². The Morgan fingerprint density at radius 1 is 0.861 bits per heavy atom. The van der Waals surface area contributed by atoms with Crippen LogP contribution in [0.25, 0.3) is 0 Å². The highest BCUT2D eigenvalue weighted by Gasteiger charge is 2.39. The lowest BCUT2D eigenvalue weighted by atomic mass is 10.1. The van der Waals surface area contributed by atoms with Gasteiger partial charge in [-0.3, -0.25) is 14.4 Å². The molecular formula is C26H19ClF3N3O3. The van der Waals surface area contributed by atoms with E-state index in [1.54, 1.807) is 18.2 Å². The van der Waals surface area contributed by atoms with E-state index in [-0.39, 0.29) is 22.0 Å². The van der Waals surface area contributed by atoms with E-state index in [1.165, 1.54) is 36.4 Å². The number of nitrogens with zero attached hydrogens (tertiary/aromatic N) is 1. The van der Waals surface area contributed by atoms with Gasteiger partial charge in [-0.25, -0.2) is 4.90 Å². The molecule has 0 aromatic heterocycles. The number of alkyl halides is 3. The highest BCUT2D eigenvalue weighted by atomic mass is 35.5. The monoisotopic (exact) mass is 513 g/mol. The van der Waals surface area contributed by atoms with Crippen LogP contribution in [0.5, 0.6) is 0 Å². The summed E-state index contributed by atoms with van der Waals surface area (Å²) in [5.74, 6) is -1.91. The van der Waals surface area contributed by atoms with Crippen LogP contribution in [-0.2, 0) is 15.8 Å². The molecule has 0 radical (unpaired) electrons. The number of aryl methyl sites for hydroxylation is 2. The first-order valence-corrected chi connectivity index (χ1v) is 11.0. The molecule has 0 aliphatic carbocycles. The standard InChI is InChI=1S/C26H19ClF3N3O3/c1-14-6-11-20(12-15(14)2)33-24(35)21(27)22(25(33)36)31-18-9-7-16(8-10-18)23(34)32-19-5-3-4-17(13-19)26(28,29)30/h3-13,31H,1-2H3,(H,32,34). The van der Waals surface area contributed by atoms with Crippen molar-refractivity contribution in [2.45, 2.75) is 20.0 Å². The van der Waals surface area contributed by atoms with Gasteiger partial charge in [-0.15, -0.1) is 0 Å². The van der Waals surface area contributed by atoms with E-state index >= 15 is 0 Å². The van der Waals surface area contributed by atoms with E-state index in [1.807, 2.05) is 13.8 Å². The van der Waals surface area contributed by atoms with Crippen molar-refractivity contribution in [3.63, 3.8) is 0 Å². The van der Waals surface area contributed by atoms with E-state index in [2.05, 4.69) is 10.6 Å². The Balaban J connectivity index is 1.47. The van der Waals surface area contributed by atoms with Gasteiger partial charge < -0.3 is 10.6 Å². The second kappa shape index (κ2) is 9.50. The summed E-state index contributed by atoms with van der Waals surface area (Å²) in [5, 5.41) is 4.96. The maximum absolute atomic E-state index is 13.0. The molecule has 1 heterocycles. The number of hydrogen-bond donors (Lipinski definition) is 2. The summed E-state index contributed by atoms with van der Waals surface area (Å²) in [4.78, 5) is 39.1. The first-order valence-electron chi connectivity index (χ1n) is 10.7. The normalized spacial score (nSPS) is 13.9. The lowest BCUT2D eigenvalue weighted by Crippen LogP contribution is -2.32. The van der Waals surface area contributed by atoms with Gasteiger partial charge >= 0.3 is 6.18 Å². The van der Waals surface area contributed by atoms with Gasteiger partial charge in [-0.2, -0.15) is 13.2 Å². The van der Waals surface area contributed by atoms with Crippen LogP contribution in [-0.4, -0.2) is 17.7 Å². The molecule has 1 aliphatic rings. The van der Waals surface area contributed by atoms with Crippen molar-refractivity contribution in [3.8, 4) is 0 Å². The highest BCUT2D eigenvalue weighted by Crippen LogP contribution is 2.32. The topological polar surface area (TPSA) is 78.5 Å². The van der Waals surface area contributed by atoms with Crippen LogP contribution in [0.15, 0.2) is 77.5 Å². The number of nitrogens with one attached hydrogen (secondary N) is 2. The van der Waals surface area contributed by atoms with Crippen molar-refractivity contribution in [1.29, 1.82) is 0 Å². The van der Waals surface area contributed by atoms with Gasteiger partial charge in [0.1, 0.15) is 10.7 Å². The van der Waals surface area contributed by atoms with Gasteiger partial charge in [0.25, 0.3) is 17.7 Å². The molecule has 10 heteroatoms. The minimum absolute atomic E-state index is 0.00420. The van der Waals surface area contributed by atoms with Crippen molar-refractivity contribution < 1.29 is 27.6 Å². The zero-order valence-electron chi connectivity index (χ0n) is 19.0. The van der Waals surface area contributed by atoms with Crippen LogP contribution in [0.2, 0.25) is 0 Å². The number of rotatable bonds is 5. The molecule has 4 rings (SSSR count). The third kappa shape index (κ3) is 4.96. The Morgan fingerprint density at radius 2 is 1.56 bits per heavy atom. The Kier molecular flexibility index (Phi) is 6.60. The van der Waals surface area contributed by atoms with Crippen LogP contribution in [0, 0.1) is 13.8 Å². The fraction of sp³-hybridized carbons (Fsp3) is 0.115. The molecule has 36 heavy (non-hydrogen) atoms. The molecule has 3 amide bonds. The van der Waals surface area contributed by atoms with E-state index in [0.717, 1.165) is 28.2 Å². The second-order valence-corrected chi connectivity index (χ2v) is 8.52. The maximum atomic E-state index is 13.0. The summed E-state index contributed by atoms with van der Waals surface area (Å²) in [6.45, 7) is 3.78. The SMILES string of the molecule is Cc1ccc(N2C(=O)C(Cl)=C(Nc3ccc(C(=O)Nc4cccc(C(F)(F)F)c4)cc3)C2=O)cc1C. The fourth-order valence-electron chi connectivity index (χ4n) is 3.54. The molecule has 0 bridgehead atoms. The average molecular weight is 514 g/mol. The number of imide groups is 1. The Morgan fingerprint density at radius 3 is 2.19 bits per heavy atom. The minimum atomic E-state index is -4.53. The third-order valence-corrected chi connectivity index (χ3v) is 5.99. The first kappa shape index (κ1) is 25.0. The van der Waals surface area contributed by atoms with Crippen molar-refractivity contribution in [3.05, 3.63) is 99.7 Å². The molecule has 1 aliphatic heterocycles. The molecule has 3 aromatic carbocycles. The summed E-state index contributed by atoms with van der Waals surface area (Å²) in [6, 6.07) is 15.3. The lowest BCUT2D eigenvalue weighted by Gasteiger charge is -2.16. The Bertz CT molecular complexity index is 1420.